The van der Waals surface area contributed by atoms with E-state index in [9.17, 15) is 4.79 Å². The number of carbonyl (C=O) groups excluding carboxylic acids is 1. The summed E-state index contributed by atoms with van der Waals surface area (Å²) >= 11 is 1.42. The lowest BCUT2D eigenvalue weighted by molar-refractivity contribution is -0.120. The Kier molecular flexibility index (Phi) is 6.89. The number of hydrogen-bond donors (Lipinski definition) is 1. The molecule has 3 aromatic rings. The molecule has 2 aromatic carbocycles. The molecule has 7 nitrogen and oxygen atoms in total. The number of hydrogen-bond acceptors (Lipinski definition) is 6. The van der Waals surface area contributed by atoms with Gasteiger partial charge in [-0.05, 0) is 37.1 Å². The SMILES string of the molecule is Cc1cccc(-n2c(SC(C)C(=O)NCc3ccccc3)nnc2N2CCOCC2)c1. The van der Waals surface area contributed by atoms with Gasteiger partial charge in [0, 0.05) is 19.6 Å². The first-order chi connectivity index (χ1) is 15.1. The van der Waals surface area contributed by atoms with Gasteiger partial charge < -0.3 is 15.0 Å². The molecule has 1 aromatic heterocycles. The third-order valence-electron chi connectivity index (χ3n) is 5.13. The van der Waals surface area contributed by atoms with Gasteiger partial charge in [-0.3, -0.25) is 9.36 Å². The van der Waals surface area contributed by atoms with Crippen molar-refractivity contribution in [3.8, 4) is 5.69 Å². The van der Waals surface area contributed by atoms with Gasteiger partial charge in [0.1, 0.15) is 0 Å². The van der Waals surface area contributed by atoms with Gasteiger partial charge in [0.05, 0.1) is 24.2 Å². The summed E-state index contributed by atoms with van der Waals surface area (Å²) < 4.78 is 7.54. The van der Waals surface area contributed by atoms with Crippen molar-refractivity contribution in [2.75, 3.05) is 31.2 Å². The molecule has 1 saturated heterocycles. The number of amides is 1. The predicted molar refractivity (Wildman–Crippen MR) is 123 cm³/mol. The lowest BCUT2D eigenvalue weighted by Crippen LogP contribution is -2.38. The Morgan fingerprint density at radius 2 is 1.90 bits per heavy atom. The van der Waals surface area contributed by atoms with E-state index in [4.69, 9.17) is 4.74 Å². The highest BCUT2D eigenvalue weighted by atomic mass is 32.2. The fourth-order valence-corrected chi connectivity index (χ4v) is 4.33. The van der Waals surface area contributed by atoms with E-state index in [2.05, 4.69) is 39.5 Å². The van der Waals surface area contributed by atoms with E-state index in [-0.39, 0.29) is 11.2 Å². The van der Waals surface area contributed by atoms with Crippen molar-refractivity contribution in [2.45, 2.75) is 30.8 Å². The van der Waals surface area contributed by atoms with Crippen molar-refractivity contribution < 1.29 is 9.53 Å². The van der Waals surface area contributed by atoms with Crippen LogP contribution in [0.4, 0.5) is 5.95 Å². The van der Waals surface area contributed by atoms with E-state index >= 15 is 0 Å². The van der Waals surface area contributed by atoms with Crippen LogP contribution in [0.1, 0.15) is 18.1 Å². The minimum atomic E-state index is -0.311. The third-order valence-corrected chi connectivity index (χ3v) is 6.17. The molecule has 1 amide bonds. The molecule has 1 N–H and O–H groups in total. The Hall–Kier alpha value is -2.84. The molecule has 4 rings (SSSR count). The maximum absolute atomic E-state index is 12.7. The number of nitrogens with zero attached hydrogens (tertiary/aromatic N) is 4. The van der Waals surface area contributed by atoms with Crippen LogP contribution in [0.3, 0.4) is 0 Å². The fourth-order valence-electron chi connectivity index (χ4n) is 3.44. The number of aryl methyl sites for hydroxylation is 1. The van der Waals surface area contributed by atoms with E-state index in [0.29, 0.717) is 24.9 Å². The Morgan fingerprint density at radius 3 is 2.65 bits per heavy atom. The van der Waals surface area contributed by atoms with Gasteiger partial charge in [-0.25, -0.2) is 0 Å². The molecule has 31 heavy (non-hydrogen) atoms. The molecule has 1 aliphatic heterocycles. The summed E-state index contributed by atoms with van der Waals surface area (Å²) in [4.78, 5) is 14.9. The summed E-state index contributed by atoms with van der Waals surface area (Å²) in [5.74, 6) is 0.758. The van der Waals surface area contributed by atoms with Crippen LogP contribution < -0.4 is 10.2 Å². The summed E-state index contributed by atoms with van der Waals surface area (Å²) in [5.41, 5.74) is 3.22. The first-order valence-electron chi connectivity index (χ1n) is 10.5. The zero-order valence-corrected chi connectivity index (χ0v) is 18.6. The van der Waals surface area contributed by atoms with Crippen LogP contribution in [-0.2, 0) is 16.1 Å². The molecule has 1 aliphatic rings. The number of ether oxygens (including phenoxy) is 1. The highest BCUT2D eigenvalue weighted by Gasteiger charge is 2.24. The average molecular weight is 438 g/mol. The zero-order valence-electron chi connectivity index (χ0n) is 17.8. The summed E-state index contributed by atoms with van der Waals surface area (Å²) in [6.07, 6.45) is 0. The molecule has 0 bridgehead atoms. The van der Waals surface area contributed by atoms with E-state index < -0.39 is 0 Å². The van der Waals surface area contributed by atoms with Crippen molar-refractivity contribution in [3.63, 3.8) is 0 Å². The number of morpholine rings is 1. The lowest BCUT2D eigenvalue weighted by Gasteiger charge is -2.28. The molecule has 8 heteroatoms. The van der Waals surface area contributed by atoms with Crippen molar-refractivity contribution in [1.29, 1.82) is 0 Å². The van der Waals surface area contributed by atoms with Gasteiger partial charge in [0.15, 0.2) is 5.16 Å². The second-order valence-electron chi connectivity index (χ2n) is 7.52. The average Bonchev–Trinajstić information content (AvgIpc) is 3.22. The van der Waals surface area contributed by atoms with E-state index in [1.807, 2.05) is 54.0 Å². The molecule has 1 atom stereocenters. The number of rotatable bonds is 7. The quantitative estimate of drug-likeness (QED) is 0.573. The van der Waals surface area contributed by atoms with Gasteiger partial charge in [-0.1, -0.05) is 54.2 Å². The van der Waals surface area contributed by atoms with Gasteiger partial charge in [-0.2, -0.15) is 0 Å². The Balaban J connectivity index is 1.54. The van der Waals surface area contributed by atoms with Crippen LogP contribution in [0.25, 0.3) is 5.69 Å². The Labute approximate surface area is 186 Å². The summed E-state index contributed by atoms with van der Waals surface area (Å²) in [6, 6.07) is 18.2. The maximum atomic E-state index is 12.7. The van der Waals surface area contributed by atoms with E-state index in [1.54, 1.807) is 0 Å². The predicted octanol–water partition coefficient (Wildman–Crippen LogP) is 3.21. The molecule has 162 valence electrons. The topological polar surface area (TPSA) is 72.3 Å². The van der Waals surface area contributed by atoms with Crippen molar-refractivity contribution in [1.82, 2.24) is 20.1 Å². The molecule has 0 saturated carbocycles. The Bertz CT molecular complexity index is 1020. The second kappa shape index (κ2) is 9.98. The largest absolute Gasteiger partial charge is 0.378 e. The molecule has 1 fully saturated rings. The minimum Gasteiger partial charge on any atom is -0.378 e. The van der Waals surface area contributed by atoms with Crippen LogP contribution >= 0.6 is 11.8 Å². The minimum absolute atomic E-state index is 0.0273. The number of carbonyl (C=O) groups is 1. The van der Waals surface area contributed by atoms with Crippen LogP contribution in [0.5, 0.6) is 0 Å². The van der Waals surface area contributed by atoms with Crippen molar-refractivity contribution in [2.24, 2.45) is 0 Å². The van der Waals surface area contributed by atoms with Crippen LogP contribution in [0, 0.1) is 6.92 Å². The van der Waals surface area contributed by atoms with Gasteiger partial charge in [0.2, 0.25) is 11.9 Å². The zero-order chi connectivity index (χ0) is 21.6. The van der Waals surface area contributed by atoms with Crippen LogP contribution in [0.15, 0.2) is 59.8 Å². The third kappa shape index (κ3) is 5.26. The van der Waals surface area contributed by atoms with Gasteiger partial charge in [-0.15, -0.1) is 10.2 Å². The molecule has 1 unspecified atom stereocenters. The van der Waals surface area contributed by atoms with Gasteiger partial charge >= 0.3 is 0 Å². The Morgan fingerprint density at radius 1 is 1.13 bits per heavy atom. The first-order valence-corrected chi connectivity index (χ1v) is 11.3. The number of benzene rings is 2. The number of anilines is 1. The van der Waals surface area contributed by atoms with E-state index in [0.717, 1.165) is 35.9 Å². The standard InChI is InChI=1S/C23H27N5O2S/c1-17-7-6-10-20(15-17)28-22(27-11-13-30-14-12-27)25-26-23(28)31-18(2)21(29)24-16-19-8-4-3-5-9-19/h3-10,15,18H,11-14,16H2,1-2H3,(H,24,29). The van der Waals surface area contributed by atoms with E-state index in [1.165, 1.54) is 11.8 Å². The number of nitrogens with one attached hydrogen (secondary N) is 1. The number of thioether (sulfide) groups is 1. The normalized spacial score (nSPS) is 15.0. The van der Waals surface area contributed by atoms with Crippen molar-refractivity contribution >= 4 is 23.6 Å². The van der Waals surface area contributed by atoms with Crippen LogP contribution in [0.2, 0.25) is 0 Å². The summed E-state index contributed by atoms with van der Waals surface area (Å²) in [6.45, 7) is 7.34. The van der Waals surface area contributed by atoms with Crippen molar-refractivity contribution in [3.05, 3.63) is 65.7 Å². The molecule has 0 aliphatic carbocycles. The first kappa shape index (κ1) is 21.4. The fraction of sp³-hybridized carbons (Fsp3) is 0.348. The monoisotopic (exact) mass is 437 g/mol. The van der Waals surface area contributed by atoms with Gasteiger partial charge in [0.25, 0.3) is 0 Å². The second-order valence-corrected chi connectivity index (χ2v) is 8.83. The highest BCUT2D eigenvalue weighted by Crippen LogP contribution is 2.30. The smallest absolute Gasteiger partial charge is 0.233 e. The molecular weight excluding hydrogens is 410 g/mol. The van der Waals surface area contributed by atoms with Crippen LogP contribution in [-0.4, -0.2) is 52.2 Å². The molecule has 2 heterocycles. The lowest BCUT2D eigenvalue weighted by atomic mass is 10.2. The summed E-state index contributed by atoms with van der Waals surface area (Å²) in [7, 11) is 0. The number of aromatic nitrogens is 3. The molecular formula is C23H27N5O2S. The molecule has 0 spiro atoms. The summed E-state index contributed by atoms with van der Waals surface area (Å²) in [5, 5.41) is 12.3. The maximum Gasteiger partial charge on any atom is 0.233 e. The highest BCUT2D eigenvalue weighted by molar-refractivity contribution is 8.00. The molecule has 0 radical (unpaired) electrons.